The standard InChI is InChI=1S/C13H8FNO3.C7H11F3O3/c14-10-6-7-12(15(17)18)11(8-10)13(16)9-4-2-1-3-5-9;1-4(2)3-6(13,5(11)12)7(8,9)10/h1-8H;4,13H,3H2,1-2H3,(H,11,12). The number of nitro groups is 1. The number of carbonyl (C=O) groups is 2. The third-order valence-corrected chi connectivity index (χ3v) is 3.96. The number of carbonyl (C=O) groups excluding carboxylic acids is 1. The maximum atomic E-state index is 13.1. The predicted molar refractivity (Wildman–Crippen MR) is 101 cm³/mol. The van der Waals surface area contributed by atoms with E-state index < -0.39 is 52.3 Å². The van der Waals surface area contributed by atoms with E-state index in [4.69, 9.17) is 10.2 Å². The van der Waals surface area contributed by atoms with Crippen LogP contribution < -0.4 is 0 Å². The van der Waals surface area contributed by atoms with E-state index in [0.29, 0.717) is 0 Å². The Morgan fingerprint density at radius 3 is 2.03 bits per heavy atom. The van der Waals surface area contributed by atoms with Gasteiger partial charge >= 0.3 is 12.1 Å². The van der Waals surface area contributed by atoms with Gasteiger partial charge in [-0.2, -0.15) is 13.2 Å². The molecule has 0 aliphatic rings. The Hall–Kier alpha value is -3.34. The Labute approximate surface area is 174 Å². The molecule has 0 saturated carbocycles. The molecule has 0 fully saturated rings. The summed E-state index contributed by atoms with van der Waals surface area (Å²) in [7, 11) is 0. The van der Waals surface area contributed by atoms with Gasteiger partial charge in [0.2, 0.25) is 0 Å². The van der Waals surface area contributed by atoms with Crippen LogP contribution in [0.2, 0.25) is 0 Å². The predicted octanol–water partition coefficient (Wildman–Crippen LogP) is 4.38. The number of hydrogen-bond donors (Lipinski definition) is 2. The molecule has 0 bridgehead atoms. The fourth-order valence-electron chi connectivity index (χ4n) is 2.51. The number of aliphatic hydroxyl groups is 1. The molecule has 2 rings (SSSR count). The molecule has 0 spiro atoms. The SMILES string of the molecule is CC(C)CC(O)(C(=O)O)C(F)(F)F.O=C(c1ccccc1)c1cc(F)ccc1[N+](=O)[O-]. The van der Waals surface area contributed by atoms with Crippen molar-refractivity contribution in [2.75, 3.05) is 0 Å². The summed E-state index contributed by atoms with van der Waals surface area (Å²) < 4.78 is 49.4. The highest BCUT2D eigenvalue weighted by molar-refractivity contribution is 6.11. The molecule has 2 aromatic rings. The fourth-order valence-corrected chi connectivity index (χ4v) is 2.51. The molecule has 0 aromatic heterocycles. The molecule has 2 N–H and O–H groups in total. The van der Waals surface area contributed by atoms with E-state index in [2.05, 4.69) is 0 Å². The number of hydrogen-bond acceptors (Lipinski definition) is 5. The Kier molecular flexibility index (Phi) is 8.38. The largest absolute Gasteiger partial charge is 0.479 e. The first-order valence-electron chi connectivity index (χ1n) is 8.77. The van der Waals surface area contributed by atoms with Crippen molar-refractivity contribution in [1.29, 1.82) is 0 Å². The van der Waals surface area contributed by atoms with Crippen molar-refractivity contribution in [2.24, 2.45) is 5.92 Å². The highest BCUT2D eigenvalue weighted by atomic mass is 19.4. The lowest BCUT2D eigenvalue weighted by atomic mass is 9.92. The number of aliphatic carboxylic acids is 1. The minimum atomic E-state index is -5.14. The molecular weight excluding hydrogens is 426 g/mol. The summed E-state index contributed by atoms with van der Waals surface area (Å²) in [6.07, 6.45) is -5.98. The molecule has 0 amide bonds. The number of halogens is 4. The van der Waals surface area contributed by atoms with E-state index in [1.807, 2.05) is 0 Å². The zero-order valence-electron chi connectivity index (χ0n) is 16.4. The van der Waals surface area contributed by atoms with Crippen LogP contribution in [0.15, 0.2) is 48.5 Å². The van der Waals surface area contributed by atoms with Gasteiger partial charge in [0.05, 0.1) is 4.92 Å². The van der Waals surface area contributed by atoms with Gasteiger partial charge in [0.25, 0.3) is 11.3 Å². The number of carboxylic acid groups (broad SMARTS) is 1. The van der Waals surface area contributed by atoms with Crippen molar-refractivity contribution in [3.05, 3.63) is 75.6 Å². The minimum absolute atomic E-state index is 0.244. The Morgan fingerprint density at radius 1 is 1.10 bits per heavy atom. The molecule has 168 valence electrons. The number of nitro benzene ring substituents is 1. The molecule has 31 heavy (non-hydrogen) atoms. The highest BCUT2D eigenvalue weighted by Crippen LogP contribution is 2.35. The summed E-state index contributed by atoms with van der Waals surface area (Å²) in [5.74, 6) is -4.06. The second kappa shape index (κ2) is 10.1. The molecule has 1 atom stereocenters. The molecule has 11 heteroatoms. The van der Waals surface area contributed by atoms with Crippen LogP contribution in [-0.4, -0.2) is 38.7 Å². The van der Waals surface area contributed by atoms with E-state index >= 15 is 0 Å². The molecule has 7 nitrogen and oxygen atoms in total. The average molecular weight is 445 g/mol. The molecule has 0 aliphatic heterocycles. The van der Waals surface area contributed by atoms with Crippen molar-refractivity contribution in [3.63, 3.8) is 0 Å². The lowest BCUT2D eigenvalue weighted by Crippen LogP contribution is -2.52. The fraction of sp³-hybridized carbons (Fsp3) is 0.300. The molecule has 0 aliphatic carbocycles. The summed E-state index contributed by atoms with van der Waals surface area (Å²) in [6, 6.07) is 10.9. The number of alkyl halides is 3. The van der Waals surface area contributed by atoms with Crippen LogP contribution in [0.25, 0.3) is 0 Å². The first-order chi connectivity index (χ1) is 14.2. The van der Waals surface area contributed by atoms with Crippen LogP contribution in [0.1, 0.15) is 36.2 Å². The second-order valence-electron chi connectivity index (χ2n) is 6.87. The van der Waals surface area contributed by atoms with Crippen LogP contribution in [0.4, 0.5) is 23.2 Å². The molecule has 0 radical (unpaired) electrons. The summed E-state index contributed by atoms with van der Waals surface area (Å²) in [5, 5.41) is 27.9. The van der Waals surface area contributed by atoms with E-state index in [1.54, 1.807) is 18.2 Å². The average Bonchev–Trinajstić information content (AvgIpc) is 2.66. The Balaban J connectivity index is 0.000000330. The lowest BCUT2D eigenvalue weighted by Gasteiger charge is -2.27. The van der Waals surface area contributed by atoms with Crippen molar-refractivity contribution in [1.82, 2.24) is 0 Å². The molecule has 0 heterocycles. The van der Waals surface area contributed by atoms with Gasteiger partial charge in [0.1, 0.15) is 11.4 Å². The van der Waals surface area contributed by atoms with Crippen LogP contribution >= 0.6 is 0 Å². The van der Waals surface area contributed by atoms with Gasteiger partial charge in [0.15, 0.2) is 5.78 Å². The topological polar surface area (TPSA) is 118 Å². The van der Waals surface area contributed by atoms with Gasteiger partial charge in [-0.3, -0.25) is 14.9 Å². The number of ketones is 1. The lowest BCUT2D eigenvalue weighted by molar-refractivity contribution is -0.385. The first kappa shape index (κ1) is 25.7. The monoisotopic (exact) mass is 445 g/mol. The Bertz CT molecular complexity index is 946. The summed E-state index contributed by atoms with van der Waals surface area (Å²) in [5.41, 5.74) is -3.98. The maximum Gasteiger partial charge on any atom is 0.428 e. The van der Waals surface area contributed by atoms with Gasteiger partial charge in [-0.25, -0.2) is 9.18 Å². The van der Waals surface area contributed by atoms with Crippen molar-refractivity contribution >= 4 is 17.4 Å². The quantitative estimate of drug-likeness (QED) is 0.295. The van der Waals surface area contributed by atoms with Gasteiger partial charge in [-0.15, -0.1) is 0 Å². The van der Waals surface area contributed by atoms with E-state index in [0.717, 1.165) is 18.2 Å². The second-order valence-corrected chi connectivity index (χ2v) is 6.87. The molecule has 2 aromatic carbocycles. The van der Waals surface area contributed by atoms with Crippen LogP contribution in [0.5, 0.6) is 0 Å². The smallest absolute Gasteiger partial charge is 0.428 e. The summed E-state index contributed by atoms with van der Waals surface area (Å²) in [6.45, 7) is 2.80. The Morgan fingerprint density at radius 2 is 1.65 bits per heavy atom. The van der Waals surface area contributed by atoms with E-state index in [-0.39, 0.29) is 11.1 Å². The third kappa shape index (κ3) is 6.57. The van der Waals surface area contributed by atoms with Crippen molar-refractivity contribution in [2.45, 2.75) is 32.0 Å². The van der Waals surface area contributed by atoms with E-state index in [1.165, 1.54) is 26.0 Å². The first-order valence-corrected chi connectivity index (χ1v) is 8.77. The van der Waals surface area contributed by atoms with Crippen molar-refractivity contribution < 1.29 is 42.3 Å². The summed E-state index contributed by atoms with van der Waals surface area (Å²) in [4.78, 5) is 32.4. The van der Waals surface area contributed by atoms with Crippen LogP contribution in [0.3, 0.4) is 0 Å². The number of rotatable bonds is 6. The van der Waals surface area contributed by atoms with Gasteiger partial charge < -0.3 is 10.2 Å². The molecule has 1 unspecified atom stereocenters. The van der Waals surface area contributed by atoms with Gasteiger partial charge in [-0.1, -0.05) is 44.2 Å². The third-order valence-electron chi connectivity index (χ3n) is 3.96. The minimum Gasteiger partial charge on any atom is -0.479 e. The van der Waals surface area contributed by atoms with Crippen LogP contribution in [0, 0.1) is 21.8 Å². The normalized spacial score (nSPS) is 13.0. The molecular formula is C20H19F4NO6. The maximum absolute atomic E-state index is 13.1. The van der Waals surface area contributed by atoms with Gasteiger partial charge in [-0.05, 0) is 24.5 Å². The number of nitrogens with zero attached hydrogens (tertiary/aromatic N) is 1. The number of carboxylic acids is 1. The van der Waals surface area contributed by atoms with Gasteiger partial charge in [0, 0.05) is 11.6 Å². The summed E-state index contributed by atoms with van der Waals surface area (Å²) >= 11 is 0. The van der Waals surface area contributed by atoms with Crippen LogP contribution in [-0.2, 0) is 4.79 Å². The molecule has 0 saturated heterocycles. The zero-order chi connectivity index (χ0) is 24.0. The van der Waals surface area contributed by atoms with Crippen molar-refractivity contribution in [3.8, 4) is 0 Å². The zero-order valence-corrected chi connectivity index (χ0v) is 16.4. The number of benzene rings is 2. The van der Waals surface area contributed by atoms with E-state index in [9.17, 15) is 37.3 Å². The highest BCUT2D eigenvalue weighted by Gasteiger charge is 2.59.